The van der Waals surface area contributed by atoms with E-state index in [1.807, 2.05) is 13.8 Å². The third-order valence-corrected chi connectivity index (χ3v) is 4.59. The Labute approximate surface area is 152 Å². The molecule has 1 saturated heterocycles. The summed E-state index contributed by atoms with van der Waals surface area (Å²) < 4.78 is 0. The normalized spacial score (nSPS) is 17.0. The molecule has 1 aliphatic rings. The minimum absolute atomic E-state index is 0.122. The average molecular weight is 367 g/mol. The first-order valence-corrected chi connectivity index (χ1v) is 8.71. The summed E-state index contributed by atoms with van der Waals surface area (Å²) >= 11 is 6.16. The zero-order valence-electron chi connectivity index (χ0n) is 14.6. The highest BCUT2D eigenvalue weighted by Crippen LogP contribution is 2.24. The van der Waals surface area contributed by atoms with Crippen LogP contribution < -0.4 is 10.6 Å². The maximum Gasteiger partial charge on any atom is 0.322 e. The van der Waals surface area contributed by atoms with Gasteiger partial charge in [-0.05, 0) is 39.0 Å². The van der Waals surface area contributed by atoms with Crippen LogP contribution in [0.5, 0.6) is 0 Å². The number of benzene rings is 1. The Morgan fingerprint density at radius 1 is 1.36 bits per heavy atom. The van der Waals surface area contributed by atoms with Crippen molar-refractivity contribution in [3.63, 3.8) is 0 Å². The molecule has 1 aliphatic heterocycles. The molecule has 1 heterocycles. The molecule has 0 saturated carbocycles. The summed E-state index contributed by atoms with van der Waals surface area (Å²) in [7, 11) is 0. The SMILES string of the molecule is CCN(CC)C(=O)c1ccc(Cl)c(NC(=O)N2CCNC(=O)[C@@H]2C)c1. The molecule has 1 aromatic carbocycles. The molecular weight excluding hydrogens is 344 g/mol. The molecule has 2 N–H and O–H groups in total. The van der Waals surface area contributed by atoms with Gasteiger partial charge in [0.05, 0.1) is 10.7 Å². The highest BCUT2D eigenvalue weighted by molar-refractivity contribution is 6.33. The quantitative estimate of drug-likeness (QED) is 0.856. The van der Waals surface area contributed by atoms with E-state index in [4.69, 9.17) is 11.6 Å². The topological polar surface area (TPSA) is 81.8 Å². The van der Waals surface area contributed by atoms with Crippen LogP contribution >= 0.6 is 11.6 Å². The van der Waals surface area contributed by atoms with Crippen LogP contribution in [-0.4, -0.2) is 59.9 Å². The zero-order chi connectivity index (χ0) is 18.6. The van der Waals surface area contributed by atoms with Crippen molar-refractivity contribution < 1.29 is 14.4 Å². The number of carbonyl (C=O) groups excluding carboxylic acids is 3. The summed E-state index contributed by atoms with van der Waals surface area (Å²) in [6.45, 7) is 7.49. The van der Waals surface area contributed by atoms with Gasteiger partial charge in [0, 0.05) is 31.7 Å². The van der Waals surface area contributed by atoms with E-state index in [9.17, 15) is 14.4 Å². The molecule has 8 heteroatoms. The fourth-order valence-electron chi connectivity index (χ4n) is 2.69. The Morgan fingerprint density at radius 2 is 2.04 bits per heavy atom. The van der Waals surface area contributed by atoms with Crippen molar-refractivity contribution >= 4 is 35.1 Å². The second kappa shape index (κ2) is 8.20. The molecule has 136 valence electrons. The molecule has 0 spiro atoms. The van der Waals surface area contributed by atoms with Crippen molar-refractivity contribution in [3.05, 3.63) is 28.8 Å². The molecule has 1 atom stereocenters. The predicted octanol–water partition coefficient (Wildman–Crippen LogP) is 2.17. The van der Waals surface area contributed by atoms with Crippen molar-refractivity contribution in [3.8, 4) is 0 Å². The van der Waals surface area contributed by atoms with Gasteiger partial charge in [-0.15, -0.1) is 0 Å². The van der Waals surface area contributed by atoms with Crippen LogP contribution in [0.3, 0.4) is 0 Å². The van der Waals surface area contributed by atoms with E-state index >= 15 is 0 Å². The molecule has 2 rings (SSSR count). The van der Waals surface area contributed by atoms with Crippen LogP contribution in [0.2, 0.25) is 5.02 Å². The highest BCUT2D eigenvalue weighted by atomic mass is 35.5. The lowest BCUT2D eigenvalue weighted by atomic mass is 10.1. The van der Waals surface area contributed by atoms with Crippen molar-refractivity contribution in [1.29, 1.82) is 0 Å². The molecule has 0 bridgehead atoms. The van der Waals surface area contributed by atoms with Gasteiger partial charge in [0.2, 0.25) is 5.91 Å². The van der Waals surface area contributed by atoms with Gasteiger partial charge in [0.15, 0.2) is 0 Å². The monoisotopic (exact) mass is 366 g/mol. The maximum absolute atomic E-state index is 12.5. The van der Waals surface area contributed by atoms with Gasteiger partial charge in [0.25, 0.3) is 5.91 Å². The number of hydrogen-bond acceptors (Lipinski definition) is 3. The first-order chi connectivity index (χ1) is 11.9. The smallest absolute Gasteiger partial charge is 0.322 e. The predicted molar refractivity (Wildman–Crippen MR) is 96.9 cm³/mol. The third-order valence-electron chi connectivity index (χ3n) is 4.27. The molecule has 0 unspecified atom stereocenters. The van der Waals surface area contributed by atoms with Crippen molar-refractivity contribution in [2.24, 2.45) is 0 Å². The molecule has 0 aromatic heterocycles. The first-order valence-electron chi connectivity index (χ1n) is 8.33. The van der Waals surface area contributed by atoms with E-state index in [1.54, 1.807) is 30.0 Å². The van der Waals surface area contributed by atoms with Gasteiger partial charge < -0.3 is 20.4 Å². The molecule has 0 aliphatic carbocycles. The largest absolute Gasteiger partial charge is 0.353 e. The number of anilines is 1. The van der Waals surface area contributed by atoms with Gasteiger partial charge >= 0.3 is 6.03 Å². The fourth-order valence-corrected chi connectivity index (χ4v) is 2.86. The summed E-state index contributed by atoms with van der Waals surface area (Å²) in [6, 6.07) is 3.80. The van der Waals surface area contributed by atoms with Gasteiger partial charge in [-0.3, -0.25) is 9.59 Å². The van der Waals surface area contributed by atoms with Crippen LogP contribution in [0.25, 0.3) is 0 Å². The number of nitrogens with one attached hydrogen (secondary N) is 2. The number of hydrogen-bond donors (Lipinski definition) is 2. The number of nitrogens with zero attached hydrogens (tertiary/aromatic N) is 2. The third kappa shape index (κ3) is 4.22. The Balaban J connectivity index is 2.19. The zero-order valence-corrected chi connectivity index (χ0v) is 15.4. The van der Waals surface area contributed by atoms with Crippen LogP contribution in [-0.2, 0) is 4.79 Å². The molecular formula is C17H23ClN4O3. The van der Waals surface area contributed by atoms with E-state index < -0.39 is 12.1 Å². The number of amides is 4. The van der Waals surface area contributed by atoms with Gasteiger partial charge in [-0.25, -0.2) is 4.79 Å². The van der Waals surface area contributed by atoms with E-state index in [0.717, 1.165) is 0 Å². The highest BCUT2D eigenvalue weighted by Gasteiger charge is 2.29. The summed E-state index contributed by atoms with van der Waals surface area (Å²) in [5, 5.41) is 5.74. The minimum Gasteiger partial charge on any atom is -0.353 e. The van der Waals surface area contributed by atoms with Crippen molar-refractivity contribution in [1.82, 2.24) is 15.1 Å². The Hall–Kier alpha value is -2.28. The minimum atomic E-state index is -0.562. The molecule has 0 radical (unpaired) electrons. The van der Waals surface area contributed by atoms with E-state index in [1.165, 1.54) is 4.90 Å². The Bertz CT molecular complexity index is 676. The van der Waals surface area contributed by atoms with Crippen LogP contribution in [0.1, 0.15) is 31.1 Å². The summed E-state index contributed by atoms with van der Waals surface area (Å²) in [6.07, 6.45) is 0. The number of halogens is 1. The van der Waals surface area contributed by atoms with Gasteiger partial charge in [-0.2, -0.15) is 0 Å². The second-order valence-electron chi connectivity index (χ2n) is 5.76. The number of carbonyl (C=O) groups is 3. The van der Waals surface area contributed by atoms with Crippen molar-refractivity contribution in [2.45, 2.75) is 26.8 Å². The second-order valence-corrected chi connectivity index (χ2v) is 6.17. The molecule has 1 fully saturated rings. The lowest BCUT2D eigenvalue weighted by molar-refractivity contribution is -0.126. The first kappa shape index (κ1) is 19.1. The lowest BCUT2D eigenvalue weighted by Gasteiger charge is -2.32. The van der Waals surface area contributed by atoms with Crippen LogP contribution in [0, 0.1) is 0 Å². The molecule has 7 nitrogen and oxygen atoms in total. The van der Waals surface area contributed by atoms with E-state index in [-0.39, 0.29) is 11.8 Å². The van der Waals surface area contributed by atoms with Gasteiger partial charge in [0.1, 0.15) is 6.04 Å². The molecule has 4 amide bonds. The summed E-state index contributed by atoms with van der Waals surface area (Å²) in [5.74, 6) is -0.319. The molecule has 1 aromatic rings. The van der Waals surface area contributed by atoms with Crippen LogP contribution in [0.15, 0.2) is 18.2 Å². The van der Waals surface area contributed by atoms with E-state index in [0.29, 0.717) is 42.5 Å². The maximum atomic E-state index is 12.5. The number of rotatable bonds is 4. The molecule has 25 heavy (non-hydrogen) atoms. The number of urea groups is 1. The fraction of sp³-hybridized carbons (Fsp3) is 0.471. The standard InChI is InChI=1S/C17H23ClN4O3/c1-4-21(5-2)16(24)12-6-7-13(18)14(10-12)20-17(25)22-9-8-19-15(23)11(22)3/h6-7,10-11H,4-5,8-9H2,1-3H3,(H,19,23)(H,20,25)/t11-/m0/s1. The summed E-state index contributed by atoms with van der Waals surface area (Å²) in [5.41, 5.74) is 0.802. The number of piperazine rings is 1. The van der Waals surface area contributed by atoms with Crippen molar-refractivity contribution in [2.75, 3.05) is 31.5 Å². The van der Waals surface area contributed by atoms with Crippen LogP contribution in [0.4, 0.5) is 10.5 Å². The Kier molecular flexibility index (Phi) is 6.25. The van der Waals surface area contributed by atoms with Gasteiger partial charge in [-0.1, -0.05) is 11.6 Å². The average Bonchev–Trinajstić information content (AvgIpc) is 2.60. The lowest BCUT2D eigenvalue weighted by Crippen LogP contribution is -2.56. The van der Waals surface area contributed by atoms with E-state index in [2.05, 4.69) is 10.6 Å². The Morgan fingerprint density at radius 3 is 2.68 bits per heavy atom. The summed E-state index contributed by atoms with van der Waals surface area (Å²) in [4.78, 5) is 39.8.